The SMILES string of the molecule is CCCCCCC/C=C\C/C=C\C/C=C\CCCCCCCCCCCCC(=O)OC(COCCCCCCCCCCCCCC)COP(=O)(O)OCCN. The Hall–Kier alpha value is -1.28. The molecule has 0 rings (SSSR count). The summed E-state index contributed by atoms with van der Waals surface area (Å²) in [6, 6.07) is 0. The molecule has 9 heteroatoms. The average molecular weight is 812 g/mol. The fraction of sp³-hybridized carbons (Fsp3) is 0.851. The van der Waals surface area contributed by atoms with E-state index in [2.05, 4.69) is 50.3 Å². The van der Waals surface area contributed by atoms with E-state index in [4.69, 9.17) is 24.3 Å². The largest absolute Gasteiger partial charge is 0.472 e. The van der Waals surface area contributed by atoms with Crippen LogP contribution in [0, 0.1) is 0 Å². The van der Waals surface area contributed by atoms with Gasteiger partial charge in [0.05, 0.1) is 19.8 Å². The Morgan fingerprint density at radius 2 is 0.946 bits per heavy atom. The summed E-state index contributed by atoms with van der Waals surface area (Å²) in [7, 11) is -4.27. The van der Waals surface area contributed by atoms with Gasteiger partial charge in [-0.2, -0.15) is 0 Å². The number of carbonyl (C=O) groups is 1. The summed E-state index contributed by atoms with van der Waals surface area (Å²) in [4.78, 5) is 22.5. The third-order valence-electron chi connectivity index (χ3n) is 10.1. The fourth-order valence-corrected chi connectivity index (χ4v) is 7.36. The van der Waals surface area contributed by atoms with Gasteiger partial charge in [-0.25, -0.2) is 4.57 Å². The number of hydrogen-bond acceptors (Lipinski definition) is 7. The number of allylic oxidation sites excluding steroid dienone is 6. The highest BCUT2D eigenvalue weighted by molar-refractivity contribution is 7.47. The number of carbonyl (C=O) groups excluding carboxylic acids is 1. The van der Waals surface area contributed by atoms with E-state index in [0.717, 1.165) is 44.9 Å². The molecule has 0 aliphatic heterocycles. The van der Waals surface area contributed by atoms with Gasteiger partial charge < -0.3 is 20.1 Å². The van der Waals surface area contributed by atoms with Crippen molar-refractivity contribution in [3.05, 3.63) is 36.5 Å². The minimum absolute atomic E-state index is 0.0952. The number of unbranched alkanes of at least 4 members (excludes halogenated alkanes) is 26. The molecule has 0 aromatic carbocycles. The van der Waals surface area contributed by atoms with Gasteiger partial charge in [0.1, 0.15) is 6.10 Å². The van der Waals surface area contributed by atoms with E-state index >= 15 is 0 Å². The molecule has 0 bridgehead atoms. The lowest BCUT2D eigenvalue weighted by Gasteiger charge is -2.20. The highest BCUT2D eigenvalue weighted by atomic mass is 31.2. The molecule has 0 radical (unpaired) electrons. The van der Waals surface area contributed by atoms with Gasteiger partial charge in [0.2, 0.25) is 0 Å². The fourth-order valence-electron chi connectivity index (χ4n) is 6.59. The number of phosphoric acid groups is 1. The molecule has 3 N–H and O–H groups in total. The van der Waals surface area contributed by atoms with E-state index in [1.807, 2.05) is 0 Å². The van der Waals surface area contributed by atoms with E-state index in [9.17, 15) is 14.3 Å². The predicted octanol–water partition coefficient (Wildman–Crippen LogP) is 14.2. The Bertz CT molecular complexity index is 957. The molecule has 0 aromatic rings. The highest BCUT2D eigenvalue weighted by Gasteiger charge is 2.25. The molecule has 0 aliphatic rings. The first-order valence-electron chi connectivity index (χ1n) is 23.5. The zero-order valence-electron chi connectivity index (χ0n) is 36.6. The molecule has 0 amide bonds. The summed E-state index contributed by atoms with van der Waals surface area (Å²) in [5.41, 5.74) is 5.37. The van der Waals surface area contributed by atoms with Crippen LogP contribution in [0.5, 0.6) is 0 Å². The van der Waals surface area contributed by atoms with Gasteiger partial charge in [-0.1, -0.05) is 198 Å². The maximum Gasteiger partial charge on any atom is 0.472 e. The summed E-state index contributed by atoms with van der Waals surface area (Å²) < 4.78 is 33.4. The van der Waals surface area contributed by atoms with E-state index in [1.165, 1.54) is 154 Å². The summed E-state index contributed by atoms with van der Waals surface area (Å²) >= 11 is 0. The van der Waals surface area contributed by atoms with Crippen LogP contribution < -0.4 is 5.73 Å². The van der Waals surface area contributed by atoms with Crippen LogP contribution in [0.25, 0.3) is 0 Å². The molecule has 0 saturated heterocycles. The molecule has 56 heavy (non-hydrogen) atoms. The zero-order chi connectivity index (χ0) is 40.9. The van der Waals surface area contributed by atoms with E-state index in [-0.39, 0.29) is 32.3 Å². The van der Waals surface area contributed by atoms with Crippen LogP contribution in [0.2, 0.25) is 0 Å². The van der Waals surface area contributed by atoms with Crippen LogP contribution >= 0.6 is 7.82 Å². The lowest BCUT2D eigenvalue weighted by molar-refractivity contribution is -0.154. The smallest absolute Gasteiger partial charge is 0.457 e. The van der Waals surface area contributed by atoms with Crippen molar-refractivity contribution in [2.45, 2.75) is 225 Å². The first-order valence-corrected chi connectivity index (χ1v) is 25.0. The lowest BCUT2D eigenvalue weighted by Crippen LogP contribution is -2.28. The number of hydrogen-bond donors (Lipinski definition) is 2. The molecular formula is C47H90NO7P. The van der Waals surface area contributed by atoms with Crippen molar-refractivity contribution in [3.63, 3.8) is 0 Å². The molecular weight excluding hydrogens is 721 g/mol. The molecule has 0 fully saturated rings. The molecule has 2 atom stereocenters. The van der Waals surface area contributed by atoms with Gasteiger partial charge in [-0.15, -0.1) is 0 Å². The van der Waals surface area contributed by atoms with Gasteiger partial charge >= 0.3 is 13.8 Å². The first kappa shape index (κ1) is 54.7. The molecule has 0 aliphatic carbocycles. The van der Waals surface area contributed by atoms with Crippen molar-refractivity contribution < 1.29 is 32.8 Å². The number of phosphoric ester groups is 1. The third kappa shape index (κ3) is 43.8. The van der Waals surface area contributed by atoms with E-state index in [1.54, 1.807) is 0 Å². The quantitative estimate of drug-likeness (QED) is 0.0270. The van der Waals surface area contributed by atoms with Crippen molar-refractivity contribution in [2.75, 3.05) is 33.0 Å². The second-order valence-electron chi connectivity index (χ2n) is 15.6. The molecule has 2 unspecified atom stereocenters. The Morgan fingerprint density at radius 3 is 1.41 bits per heavy atom. The van der Waals surface area contributed by atoms with Crippen LogP contribution in [0.1, 0.15) is 219 Å². The maximum absolute atomic E-state index is 12.6. The first-order chi connectivity index (χ1) is 27.4. The maximum atomic E-state index is 12.6. The molecule has 0 saturated carbocycles. The Labute approximate surface area is 346 Å². The minimum atomic E-state index is -4.27. The summed E-state index contributed by atoms with van der Waals surface area (Å²) in [6.45, 7) is 4.93. The third-order valence-corrected chi connectivity index (χ3v) is 11.0. The van der Waals surface area contributed by atoms with Crippen LogP contribution in [0.3, 0.4) is 0 Å². The van der Waals surface area contributed by atoms with Gasteiger partial charge in [0, 0.05) is 19.6 Å². The highest BCUT2D eigenvalue weighted by Crippen LogP contribution is 2.43. The van der Waals surface area contributed by atoms with Crippen LogP contribution in [0.15, 0.2) is 36.5 Å². The van der Waals surface area contributed by atoms with Crippen molar-refractivity contribution >= 4 is 13.8 Å². The van der Waals surface area contributed by atoms with Crippen molar-refractivity contribution in [3.8, 4) is 0 Å². The molecule has 8 nitrogen and oxygen atoms in total. The van der Waals surface area contributed by atoms with Gasteiger partial charge in [-0.3, -0.25) is 13.8 Å². The zero-order valence-corrected chi connectivity index (χ0v) is 37.5. The molecule has 0 aromatic heterocycles. The Morgan fingerprint density at radius 1 is 0.536 bits per heavy atom. The van der Waals surface area contributed by atoms with Crippen LogP contribution in [-0.4, -0.2) is 49.9 Å². The number of rotatable bonds is 45. The molecule has 0 heterocycles. The van der Waals surface area contributed by atoms with Crippen molar-refractivity contribution in [2.24, 2.45) is 5.73 Å². The summed E-state index contributed by atoms with van der Waals surface area (Å²) in [6.07, 6.45) is 51.7. The van der Waals surface area contributed by atoms with Gasteiger partial charge in [0.25, 0.3) is 0 Å². The Balaban J connectivity index is 3.93. The standard InChI is InChI=1S/C47H90NO7P/c1-3-5-7-9-11-13-15-17-18-19-20-21-22-23-24-25-26-27-28-29-30-32-34-36-38-40-47(49)55-46(45-54-56(50,51)53-43-41-48)44-52-42-39-37-35-33-31-16-14-12-10-8-6-4-2/h15,17,19-20,22-23,46H,3-14,16,18,21,24-45,48H2,1-2H3,(H,50,51)/b17-15-,20-19-,23-22-. The average Bonchev–Trinajstić information content (AvgIpc) is 3.19. The normalized spacial score (nSPS) is 13.7. The number of esters is 1. The summed E-state index contributed by atoms with van der Waals surface area (Å²) in [5.74, 6) is -0.332. The molecule has 0 spiro atoms. The second-order valence-corrected chi connectivity index (χ2v) is 17.1. The summed E-state index contributed by atoms with van der Waals surface area (Å²) in [5, 5.41) is 0. The van der Waals surface area contributed by atoms with Gasteiger partial charge in [0.15, 0.2) is 0 Å². The van der Waals surface area contributed by atoms with Gasteiger partial charge in [-0.05, 0) is 51.4 Å². The number of ether oxygens (including phenoxy) is 2. The Kier molecular flexibility index (Phi) is 43.8. The lowest BCUT2D eigenvalue weighted by atomic mass is 10.0. The monoisotopic (exact) mass is 812 g/mol. The van der Waals surface area contributed by atoms with Crippen molar-refractivity contribution in [1.29, 1.82) is 0 Å². The topological polar surface area (TPSA) is 117 Å². The van der Waals surface area contributed by atoms with E-state index in [0.29, 0.717) is 13.0 Å². The van der Waals surface area contributed by atoms with Crippen LogP contribution in [-0.2, 0) is 27.9 Å². The predicted molar refractivity (Wildman–Crippen MR) is 238 cm³/mol. The molecule has 330 valence electrons. The second kappa shape index (κ2) is 44.8. The van der Waals surface area contributed by atoms with E-state index < -0.39 is 13.9 Å². The number of nitrogens with two attached hydrogens (primary N) is 1. The minimum Gasteiger partial charge on any atom is -0.457 e. The van der Waals surface area contributed by atoms with Crippen LogP contribution in [0.4, 0.5) is 0 Å². The van der Waals surface area contributed by atoms with Crippen molar-refractivity contribution in [1.82, 2.24) is 0 Å².